The van der Waals surface area contributed by atoms with Crippen molar-refractivity contribution < 1.29 is 9.90 Å². The van der Waals surface area contributed by atoms with Gasteiger partial charge in [-0.15, -0.1) is 0 Å². The van der Waals surface area contributed by atoms with Gasteiger partial charge in [0.15, 0.2) is 0 Å². The van der Waals surface area contributed by atoms with Gasteiger partial charge in [0.2, 0.25) is 0 Å². The van der Waals surface area contributed by atoms with E-state index in [4.69, 9.17) is 0 Å². The average molecular weight is 256 g/mol. The Kier molecular flexibility index (Phi) is 6.09. The highest BCUT2D eigenvalue weighted by molar-refractivity contribution is 5.73. The fourth-order valence-corrected chi connectivity index (χ4v) is 2.61. The van der Waals surface area contributed by atoms with Gasteiger partial charge in [0.05, 0.1) is 5.41 Å². The standard InChI is InChI=1S/C14H28N2O2/c1-4-9-16(11-14(2,3)13(17)18)10-12-5-7-15-8-6-12/h12,15H,4-11H2,1-3H3,(H,17,18). The zero-order chi connectivity index (χ0) is 13.6. The van der Waals surface area contributed by atoms with E-state index >= 15 is 0 Å². The molecule has 1 rings (SSSR count). The van der Waals surface area contributed by atoms with E-state index in [-0.39, 0.29) is 0 Å². The Morgan fingerprint density at radius 1 is 1.39 bits per heavy atom. The third-order valence-electron chi connectivity index (χ3n) is 3.71. The van der Waals surface area contributed by atoms with E-state index in [2.05, 4.69) is 17.1 Å². The minimum Gasteiger partial charge on any atom is -0.481 e. The van der Waals surface area contributed by atoms with Gasteiger partial charge in [-0.05, 0) is 58.7 Å². The second-order valence-electron chi connectivity index (χ2n) is 6.12. The normalized spacial score (nSPS) is 18.2. The predicted octanol–water partition coefficient (Wildman–Crippen LogP) is 1.81. The van der Waals surface area contributed by atoms with Crippen molar-refractivity contribution in [3.63, 3.8) is 0 Å². The van der Waals surface area contributed by atoms with E-state index in [1.165, 1.54) is 12.8 Å². The number of aliphatic carboxylic acids is 1. The number of carboxylic acids is 1. The molecule has 1 aliphatic rings. The first-order valence-electron chi connectivity index (χ1n) is 7.12. The summed E-state index contributed by atoms with van der Waals surface area (Å²) in [6, 6.07) is 0. The molecule has 0 saturated carbocycles. The van der Waals surface area contributed by atoms with Crippen LogP contribution in [0.4, 0.5) is 0 Å². The van der Waals surface area contributed by atoms with Gasteiger partial charge in [0.1, 0.15) is 0 Å². The number of hydrogen-bond donors (Lipinski definition) is 2. The summed E-state index contributed by atoms with van der Waals surface area (Å²) in [4.78, 5) is 13.6. The van der Waals surface area contributed by atoms with Crippen LogP contribution in [0.5, 0.6) is 0 Å². The quantitative estimate of drug-likeness (QED) is 0.729. The molecule has 0 radical (unpaired) electrons. The third-order valence-corrected chi connectivity index (χ3v) is 3.71. The Morgan fingerprint density at radius 2 is 2.00 bits per heavy atom. The van der Waals surface area contributed by atoms with Crippen molar-refractivity contribution in [1.82, 2.24) is 10.2 Å². The summed E-state index contributed by atoms with van der Waals surface area (Å²) in [5.41, 5.74) is -0.651. The second-order valence-corrected chi connectivity index (χ2v) is 6.12. The van der Waals surface area contributed by atoms with Crippen molar-refractivity contribution in [3.05, 3.63) is 0 Å². The summed E-state index contributed by atoms with van der Waals surface area (Å²) >= 11 is 0. The Bertz CT molecular complexity index is 261. The molecule has 18 heavy (non-hydrogen) atoms. The van der Waals surface area contributed by atoms with Crippen LogP contribution in [0.15, 0.2) is 0 Å². The van der Waals surface area contributed by atoms with Crippen molar-refractivity contribution in [1.29, 1.82) is 0 Å². The topological polar surface area (TPSA) is 52.6 Å². The van der Waals surface area contributed by atoms with E-state index in [1.807, 2.05) is 13.8 Å². The van der Waals surface area contributed by atoms with E-state index in [1.54, 1.807) is 0 Å². The van der Waals surface area contributed by atoms with Crippen LogP contribution < -0.4 is 5.32 Å². The molecule has 1 fully saturated rings. The first kappa shape index (κ1) is 15.4. The van der Waals surface area contributed by atoms with Gasteiger partial charge >= 0.3 is 5.97 Å². The molecule has 2 N–H and O–H groups in total. The lowest BCUT2D eigenvalue weighted by atomic mass is 9.91. The molecule has 106 valence electrons. The summed E-state index contributed by atoms with van der Waals surface area (Å²) in [5.74, 6) is 0.0244. The number of hydrogen-bond acceptors (Lipinski definition) is 3. The lowest BCUT2D eigenvalue weighted by Crippen LogP contribution is -2.43. The summed E-state index contributed by atoms with van der Waals surface area (Å²) < 4.78 is 0. The van der Waals surface area contributed by atoms with Crippen molar-refractivity contribution in [2.24, 2.45) is 11.3 Å². The molecule has 0 atom stereocenters. The molecule has 0 unspecified atom stereocenters. The van der Waals surface area contributed by atoms with E-state index < -0.39 is 11.4 Å². The molecule has 0 aliphatic carbocycles. The number of piperidine rings is 1. The smallest absolute Gasteiger partial charge is 0.310 e. The van der Waals surface area contributed by atoms with Gasteiger partial charge in [-0.2, -0.15) is 0 Å². The van der Waals surface area contributed by atoms with E-state index in [0.29, 0.717) is 6.54 Å². The molecule has 0 aromatic rings. The van der Waals surface area contributed by atoms with Crippen molar-refractivity contribution >= 4 is 5.97 Å². The second kappa shape index (κ2) is 7.10. The molecule has 4 nitrogen and oxygen atoms in total. The Balaban J connectivity index is 2.50. The zero-order valence-corrected chi connectivity index (χ0v) is 12.0. The highest BCUT2D eigenvalue weighted by Crippen LogP contribution is 2.20. The van der Waals surface area contributed by atoms with Crippen LogP contribution in [0.2, 0.25) is 0 Å². The Hall–Kier alpha value is -0.610. The number of carboxylic acid groups (broad SMARTS) is 1. The molecule has 0 aromatic carbocycles. The van der Waals surface area contributed by atoms with Crippen LogP contribution in [0.3, 0.4) is 0 Å². The minimum absolute atomic E-state index is 0.651. The van der Waals surface area contributed by atoms with Crippen LogP contribution in [-0.2, 0) is 4.79 Å². The van der Waals surface area contributed by atoms with Crippen LogP contribution in [0, 0.1) is 11.3 Å². The number of nitrogens with one attached hydrogen (secondary N) is 1. The minimum atomic E-state index is -0.700. The van der Waals surface area contributed by atoms with E-state index in [0.717, 1.165) is 38.5 Å². The summed E-state index contributed by atoms with van der Waals surface area (Å²) in [5, 5.41) is 12.6. The first-order chi connectivity index (χ1) is 8.45. The number of rotatable bonds is 7. The zero-order valence-electron chi connectivity index (χ0n) is 12.0. The maximum Gasteiger partial charge on any atom is 0.310 e. The third kappa shape index (κ3) is 4.94. The molecule has 0 aromatic heterocycles. The van der Waals surface area contributed by atoms with E-state index in [9.17, 15) is 9.90 Å². The molecule has 0 bridgehead atoms. The van der Waals surface area contributed by atoms with Gasteiger partial charge in [-0.1, -0.05) is 6.92 Å². The van der Waals surface area contributed by atoms with Gasteiger partial charge in [-0.3, -0.25) is 4.79 Å². The van der Waals surface area contributed by atoms with Gasteiger partial charge in [-0.25, -0.2) is 0 Å². The fraction of sp³-hybridized carbons (Fsp3) is 0.929. The molecular weight excluding hydrogens is 228 g/mol. The lowest BCUT2D eigenvalue weighted by molar-refractivity contribution is -0.148. The fourth-order valence-electron chi connectivity index (χ4n) is 2.61. The summed E-state index contributed by atoms with van der Waals surface area (Å²) in [7, 11) is 0. The largest absolute Gasteiger partial charge is 0.481 e. The molecule has 1 heterocycles. The average Bonchev–Trinajstić information content (AvgIpc) is 2.30. The van der Waals surface area contributed by atoms with Crippen LogP contribution in [0.25, 0.3) is 0 Å². The molecule has 4 heteroatoms. The lowest BCUT2D eigenvalue weighted by Gasteiger charge is -2.33. The predicted molar refractivity (Wildman–Crippen MR) is 73.7 cm³/mol. The van der Waals surface area contributed by atoms with Crippen molar-refractivity contribution in [2.45, 2.75) is 40.0 Å². The molecule has 0 amide bonds. The highest BCUT2D eigenvalue weighted by atomic mass is 16.4. The maximum atomic E-state index is 11.2. The molecule has 0 spiro atoms. The van der Waals surface area contributed by atoms with Crippen molar-refractivity contribution in [3.8, 4) is 0 Å². The molecule has 1 saturated heterocycles. The maximum absolute atomic E-state index is 11.2. The number of carbonyl (C=O) groups is 1. The SMILES string of the molecule is CCCN(CC1CCNCC1)CC(C)(C)C(=O)O. The van der Waals surface area contributed by atoms with Crippen molar-refractivity contribution in [2.75, 3.05) is 32.7 Å². The number of nitrogens with zero attached hydrogens (tertiary/aromatic N) is 1. The van der Waals surface area contributed by atoms with Gasteiger partial charge < -0.3 is 15.3 Å². The Morgan fingerprint density at radius 3 is 2.50 bits per heavy atom. The van der Waals surface area contributed by atoms with Crippen LogP contribution in [0.1, 0.15) is 40.0 Å². The molecular formula is C14H28N2O2. The van der Waals surface area contributed by atoms with Crippen LogP contribution in [-0.4, -0.2) is 48.7 Å². The van der Waals surface area contributed by atoms with Crippen LogP contribution >= 0.6 is 0 Å². The summed E-state index contributed by atoms with van der Waals surface area (Å²) in [6.07, 6.45) is 3.52. The highest BCUT2D eigenvalue weighted by Gasteiger charge is 2.30. The van der Waals surface area contributed by atoms with Gasteiger partial charge in [0, 0.05) is 13.1 Å². The molecule has 1 aliphatic heterocycles. The first-order valence-corrected chi connectivity index (χ1v) is 7.12. The Labute approximate surface area is 111 Å². The summed E-state index contributed by atoms with van der Waals surface area (Å²) in [6.45, 7) is 10.7. The van der Waals surface area contributed by atoms with Gasteiger partial charge in [0.25, 0.3) is 0 Å². The monoisotopic (exact) mass is 256 g/mol.